The van der Waals surface area contributed by atoms with Gasteiger partial charge < -0.3 is 0 Å². The molecular formula is C13H12FNO4S2. The van der Waals surface area contributed by atoms with Gasteiger partial charge in [-0.3, -0.25) is 0 Å². The highest BCUT2D eigenvalue weighted by Crippen LogP contribution is 2.24. The molecule has 0 amide bonds. The maximum Gasteiger partial charge on any atom is 0.283 e. The Morgan fingerprint density at radius 3 is 1.67 bits per heavy atom. The second-order valence-electron chi connectivity index (χ2n) is 4.29. The Morgan fingerprint density at radius 1 is 0.762 bits per heavy atom. The van der Waals surface area contributed by atoms with E-state index in [-0.39, 0.29) is 0 Å². The van der Waals surface area contributed by atoms with Crippen LogP contribution in [0.1, 0.15) is 5.56 Å². The van der Waals surface area contributed by atoms with Crippen molar-refractivity contribution in [3.63, 3.8) is 0 Å². The van der Waals surface area contributed by atoms with Gasteiger partial charge in [-0.1, -0.05) is 35.9 Å². The first-order valence-electron chi connectivity index (χ1n) is 5.84. The van der Waals surface area contributed by atoms with Gasteiger partial charge in [-0.05, 0) is 31.2 Å². The van der Waals surface area contributed by atoms with Gasteiger partial charge in [-0.25, -0.2) is 16.8 Å². The molecule has 112 valence electrons. The van der Waals surface area contributed by atoms with Gasteiger partial charge in [0.2, 0.25) is 0 Å². The molecule has 0 aromatic heterocycles. The summed E-state index contributed by atoms with van der Waals surface area (Å²) in [4.78, 5) is -0.877. The second-order valence-corrected chi connectivity index (χ2v) is 8.00. The first-order chi connectivity index (χ1) is 9.76. The maximum absolute atomic E-state index is 14.1. The van der Waals surface area contributed by atoms with E-state index >= 15 is 0 Å². The molecule has 8 heteroatoms. The first kappa shape index (κ1) is 15.6. The standard InChI is InChI=1S/C13H12FNO4S2/c1-11-7-9-13(10-8-11)21(18,19)15(14)20(16,17)12-5-3-2-4-6-12/h2-10H,1H3. The van der Waals surface area contributed by atoms with Gasteiger partial charge in [-0.15, -0.1) is 4.48 Å². The van der Waals surface area contributed by atoms with Crippen molar-refractivity contribution in [2.45, 2.75) is 16.7 Å². The van der Waals surface area contributed by atoms with Crippen LogP contribution in [0.2, 0.25) is 0 Å². The number of sulfonamides is 2. The fourth-order valence-electron chi connectivity index (χ4n) is 1.60. The molecule has 0 unspecified atom stereocenters. The second kappa shape index (κ2) is 5.55. The molecule has 0 N–H and O–H groups in total. The lowest BCUT2D eigenvalue weighted by Crippen LogP contribution is -2.29. The summed E-state index contributed by atoms with van der Waals surface area (Å²) in [5, 5.41) is 0. The summed E-state index contributed by atoms with van der Waals surface area (Å²) in [6, 6.07) is 11.7. The van der Waals surface area contributed by atoms with Gasteiger partial charge >= 0.3 is 0 Å². The van der Waals surface area contributed by atoms with Crippen molar-refractivity contribution < 1.29 is 21.3 Å². The molecule has 0 bridgehead atoms. The summed E-state index contributed by atoms with van der Waals surface area (Å²) in [6.07, 6.45) is 0. The van der Waals surface area contributed by atoms with E-state index in [2.05, 4.69) is 0 Å². The highest BCUT2D eigenvalue weighted by Gasteiger charge is 2.37. The third-order valence-electron chi connectivity index (χ3n) is 2.74. The van der Waals surface area contributed by atoms with Crippen molar-refractivity contribution >= 4 is 20.0 Å². The molecule has 0 atom stereocenters. The molecule has 0 aliphatic heterocycles. The number of aryl methyl sites for hydroxylation is 1. The molecule has 2 aromatic rings. The Kier molecular flexibility index (Phi) is 4.13. The highest BCUT2D eigenvalue weighted by molar-refractivity contribution is 8.03. The fraction of sp³-hybridized carbons (Fsp3) is 0.0769. The third-order valence-corrected chi connectivity index (χ3v) is 6.41. The molecular weight excluding hydrogens is 317 g/mol. The fourth-order valence-corrected chi connectivity index (χ4v) is 4.46. The molecule has 2 rings (SSSR count). The van der Waals surface area contributed by atoms with E-state index in [1.165, 1.54) is 30.3 Å². The number of hydrogen-bond donors (Lipinski definition) is 0. The number of rotatable bonds is 4. The van der Waals surface area contributed by atoms with E-state index in [0.717, 1.165) is 29.8 Å². The average Bonchev–Trinajstić information content (AvgIpc) is 2.47. The van der Waals surface area contributed by atoms with E-state index in [1.807, 2.05) is 0 Å². The maximum atomic E-state index is 14.1. The Bertz CT molecular complexity index is 831. The van der Waals surface area contributed by atoms with E-state index in [0.29, 0.717) is 0 Å². The van der Waals surface area contributed by atoms with Gasteiger partial charge in [0, 0.05) is 0 Å². The smallest absolute Gasteiger partial charge is 0.203 e. The van der Waals surface area contributed by atoms with Crippen molar-refractivity contribution in [3.05, 3.63) is 60.2 Å². The molecule has 0 radical (unpaired) electrons. The van der Waals surface area contributed by atoms with Crippen LogP contribution in [0.3, 0.4) is 0 Å². The van der Waals surface area contributed by atoms with Crippen LogP contribution < -0.4 is 0 Å². The van der Waals surface area contributed by atoms with E-state index < -0.39 is 33.8 Å². The van der Waals surface area contributed by atoms with Crippen molar-refractivity contribution in [2.24, 2.45) is 0 Å². The number of hydrogen-bond acceptors (Lipinski definition) is 4. The van der Waals surface area contributed by atoms with Crippen LogP contribution in [0, 0.1) is 6.92 Å². The lowest BCUT2D eigenvalue weighted by Gasteiger charge is -2.13. The lowest BCUT2D eigenvalue weighted by atomic mass is 10.2. The van der Waals surface area contributed by atoms with Gasteiger partial charge in [0.15, 0.2) is 0 Å². The molecule has 0 aliphatic rings. The number of benzene rings is 2. The SMILES string of the molecule is Cc1ccc(S(=O)(=O)N(F)S(=O)(=O)c2ccccc2)cc1. The topological polar surface area (TPSA) is 71.5 Å². The summed E-state index contributed by atoms with van der Waals surface area (Å²) < 4.78 is 61.0. The Hall–Kier alpha value is -1.77. The molecule has 0 saturated carbocycles. The minimum absolute atomic E-state index is 0.435. The minimum atomic E-state index is -4.78. The summed E-state index contributed by atoms with van der Waals surface area (Å²) in [5.41, 5.74) is 0.769. The Balaban J connectivity index is 2.48. The van der Waals surface area contributed by atoms with E-state index in [9.17, 15) is 21.3 Å². The van der Waals surface area contributed by atoms with Crippen LogP contribution in [0.4, 0.5) is 4.48 Å². The van der Waals surface area contributed by atoms with Crippen LogP contribution in [0.15, 0.2) is 64.4 Å². The largest absolute Gasteiger partial charge is 0.283 e. The molecule has 0 fully saturated rings. The third kappa shape index (κ3) is 2.97. The molecule has 21 heavy (non-hydrogen) atoms. The van der Waals surface area contributed by atoms with Crippen LogP contribution in [0.25, 0.3) is 0 Å². The normalized spacial score (nSPS) is 12.5. The summed E-state index contributed by atoms with van der Waals surface area (Å²) in [5.74, 6) is 0. The van der Waals surface area contributed by atoms with Crippen LogP contribution >= 0.6 is 0 Å². The first-order valence-corrected chi connectivity index (χ1v) is 8.72. The van der Waals surface area contributed by atoms with E-state index in [4.69, 9.17) is 0 Å². The van der Waals surface area contributed by atoms with Crippen molar-refractivity contribution in [1.82, 2.24) is 3.93 Å². The van der Waals surface area contributed by atoms with Gasteiger partial charge in [-0.2, -0.15) is 0 Å². The van der Waals surface area contributed by atoms with Crippen molar-refractivity contribution in [2.75, 3.05) is 0 Å². The summed E-state index contributed by atoms with van der Waals surface area (Å²) in [7, 11) is -9.56. The molecule has 5 nitrogen and oxygen atoms in total. The summed E-state index contributed by atoms with van der Waals surface area (Å²) >= 11 is 0. The van der Waals surface area contributed by atoms with Gasteiger partial charge in [0.25, 0.3) is 20.0 Å². The molecule has 0 saturated heterocycles. The zero-order valence-corrected chi connectivity index (χ0v) is 12.6. The molecule has 0 heterocycles. The van der Waals surface area contributed by atoms with Crippen LogP contribution in [-0.4, -0.2) is 20.8 Å². The zero-order valence-electron chi connectivity index (χ0n) is 11.0. The van der Waals surface area contributed by atoms with Crippen molar-refractivity contribution in [1.29, 1.82) is 0 Å². The number of nitrogens with zero attached hydrogens (tertiary/aromatic N) is 1. The summed E-state index contributed by atoms with van der Waals surface area (Å²) in [6.45, 7) is 1.73. The predicted molar refractivity (Wildman–Crippen MR) is 74.9 cm³/mol. The molecule has 2 aromatic carbocycles. The van der Waals surface area contributed by atoms with Gasteiger partial charge in [0.1, 0.15) is 0 Å². The molecule has 0 aliphatic carbocycles. The predicted octanol–water partition coefficient (Wildman–Crippen LogP) is 2.26. The van der Waals surface area contributed by atoms with Crippen LogP contribution in [0.5, 0.6) is 0 Å². The zero-order chi connectivity index (χ0) is 15.7. The number of halogens is 1. The Morgan fingerprint density at radius 2 is 1.19 bits per heavy atom. The monoisotopic (exact) mass is 329 g/mol. The average molecular weight is 329 g/mol. The Labute approximate surface area is 122 Å². The lowest BCUT2D eigenvalue weighted by molar-refractivity contribution is 0.250. The van der Waals surface area contributed by atoms with Gasteiger partial charge in [0.05, 0.1) is 13.7 Å². The highest BCUT2D eigenvalue weighted by atomic mass is 32.3. The molecule has 0 spiro atoms. The van der Waals surface area contributed by atoms with Crippen molar-refractivity contribution in [3.8, 4) is 0 Å². The van der Waals surface area contributed by atoms with E-state index in [1.54, 1.807) is 6.92 Å². The van der Waals surface area contributed by atoms with Crippen LogP contribution in [-0.2, 0) is 20.0 Å². The quantitative estimate of drug-likeness (QED) is 0.807. The minimum Gasteiger partial charge on any atom is -0.203 e.